The van der Waals surface area contributed by atoms with Gasteiger partial charge in [-0.1, -0.05) is 38.1 Å². The number of nitrogens with zero attached hydrogens (tertiary/aromatic N) is 3. The SMILES string of the molecule is CCN(CC)CCCC(C)NC(=NC)NCCN1CCc2ccccc2C1.I. The molecule has 5 nitrogen and oxygen atoms in total. The zero-order chi connectivity index (χ0) is 19.5. The summed E-state index contributed by atoms with van der Waals surface area (Å²) in [5.41, 5.74) is 2.99. The summed E-state index contributed by atoms with van der Waals surface area (Å²) in [5.74, 6) is 0.919. The number of benzene rings is 1. The lowest BCUT2D eigenvalue weighted by atomic mass is 10.00. The Morgan fingerprint density at radius 2 is 1.93 bits per heavy atom. The highest BCUT2D eigenvalue weighted by atomic mass is 127. The number of aliphatic imine (C=N–C) groups is 1. The van der Waals surface area contributed by atoms with E-state index in [0.29, 0.717) is 6.04 Å². The molecule has 0 fully saturated rings. The molecule has 0 radical (unpaired) electrons. The molecule has 0 aliphatic carbocycles. The Kier molecular flexibility index (Phi) is 12.7. The van der Waals surface area contributed by atoms with Crippen LogP contribution >= 0.6 is 24.0 Å². The lowest BCUT2D eigenvalue weighted by molar-refractivity contribution is 0.258. The maximum atomic E-state index is 4.39. The summed E-state index contributed by atoms with van der Waals surface area (Å²) in [6.45, 7) is 14.4. The van der Waals surface area contributed by atoms with Gasteiger partial charge in [0.2, 0.25) is 0 Å². The fourth-order valence-corrected chi connectivity index (χ4v) is 3.74. The van der Waals surface area contributed by atoms with Gasteiger partial charge in [0.1, 0.15) is 0 Å². The minimum absolute atomic E-state index is 0. The van der Waals surface area contributed by atoms with Gasteiger partial charge in [-0.25, -0.2) is 0 Å². The van der Waals surface area contributed by atoms with E-state index in [1.807, 2.05) is 7.05 Å². The molecule has 0 bridgehead atoms. The van der Waals surface area contributed by atoms with Crippen LogP contribution in [0.1, 0.15) is 44.7 Å². The Morgan fingerprint density at radius 3 is 2.61 bits per heavy atom. The average Bonchev–Trinajstić information content (AvgIpc) is 2.70. The zero-order valence-corrected chi connectivity index (χ0v) is 20.5. The molecule has 1 aliphatic heterocycles. The maximum Gasteiger partial charge on any atom is 0.191 e. The molecule has 160 valence electrons. The third kappa shape index (κ3) is 8.66. The molecule has 6 heteroatoms. The fraction of sp³-hybridized carbons (Fsp3) is 0.682. The second-order valence-corrected chi connectivity index (χ2v) is 7.51. The summed E-state index contributed by atoms with van der Waals surface area (Å²) in [6, 6.07) is 9.25. The van der Waals surface area contributed by atoms with E-state index in [1.165, 1.54) is 30.5 Å². The van der Waals surface area contributed by atoms with E-state index in [0.717, 1.165) is 51.6 Å². The molecular formula is C22H40IN5. The molecule has 0 saturated carbocycles. The topological polar surface area (TPSA) is 42.9 Å². The van der Waals surface area contributed by atoms with Crippen LogP contribution in [-0.4, -0.2) is 68.1 Å². The molecule has 1 unspecified atom stereocenters. The molecule has 0 aromatic heterocycles. The highest BCUT2D eigenvalue weighted by molar-refractivity contribution is 14.0. The van der Waals surface area contributed by atoms with Crippen LogP contribution in [0.15, 0.2) is 29.3 Å². The molecule has 1 heterocycles. The van der Waals surface area contributed by atoms with Gasteiger partial charge in [0.05, 0.1) is 0 Å². The smallest absolute Gasteiger partial charge is 0.191 e. The molecule has 1 atom stereocenters. The Balaban J connectivity index is 0.00000392. The number of fused-ring (bicyclic) bond motifs is 1. The summed E-state index contributed by atoms with van der Waals surface area (Å²) >= 11 is 0. The van der Waals surface area contributed by atoms with Crippen LogP contribution in [0.4, 0.5) is 0 Å². The first-order valence-electron chi connectivity index (χ1n) is 10.6. The normalized spacial score (nSPS) is 15.7. The predicted molar refractivity (Wildman–Crippen MR) is 132 cm³/mol. The molecule has 1 aromatic carbocycles. The van der Waals surface area contributed by atoms with E-state index in [-0.39, 0.29) is 24.0 Å². The lowest BCUT2D eigenvalue weighted by Crippen LogP contribution is -2.45. The third-order valence-corrected chi connectivity index (χ3v) is 5.54. The fourth-order valence-electron chi connectivity index (χ4n) is 3.74. The first-order valence-corrected chi connectivity index (χ1v) is 10.6. The van der Waals surface area contributed by atoms with Gasteiger partial charge in [0.25, 0.3) is 0 Å². The Morgan fingerprint density at radius 1 is 1.21 bits per heavy atom. The van der Waals surface area contributed by atoms with E-state index in [2.05, 4.69) is 70.5 Å². The van der Waals surface area contributed by atoms with Gasteiger partial charge in [-0.3, -0.25) is 9.89 Å². The van der Waals surface area contributed by atoms with Crippen molar-refractivity contribution in [3.8, 4) is 0 Å². The van der Waals surface area contributed by atoms with Gasteiger partial charge in [0.15, 0.2) is 5.96 Å². The number of hydrogen-bond acceptors (Lipinski definition) is 3. The van der Waals surface area contributed by atoms with Crippen molar-refractivity contribution in [2.45, 2.75) is 52.6 Å². The number of halogens is 1. The van der Waals surface area contributed by atoms with Crippen LogP contribution in [0, 0.1) is 0 Å². The third-order valence-electron chi connectivity index (χ3n) is 5.54. The van der Waals surface area contributed by atoms with Crippen molar-refractivity contribution in [1.82, 2.24) is 20.4 Å². The molecule has 28 heavy (non-hydrogen) atoms. The van der Waals surface area contributed by atoms with E-state index >= 15 is 0 Å². The summed E-state index contributed by atoms with van der Waals surface area (Å²) in [7, 11) is 1.86. The van der Waals surface area contributed by atoms with Gasteiger partial charge >= 0.3 is 0 Å². The molecule has 0 saturated heterocycles. The highest BCUT2D eigenvalue weighted by Crippen LogP contribution is 2.17. The number of nitrogens with one attached hydrogen (secondary N) is 2. The molecule has 1 aromatic rings. The van der Waals surface area contributed by atoms with Crippen molar-refractivity contribution >= 4 is 29.9 Å². The number of rotatable bonds is 10. The molecule has 0 amide bonds. The van der Waals surface area contributed by atoms with Crippen LogP contribution in [0.2, 0.25) is 0 Å². The Hall–Kier alpha value is -0.860. The van der Waals surface area contributed by atoms with E-state index in [9.17, 15) is 0 Å². The van der Waals surface area contributed by atoms with E-state index in [1.54, 1.807) is 0 Å². The van der Waals surface area contributed by atoms with Crippen molar-refractivity contribution < 1.29 is 0 Å². The second-order valence-electron chi connectivity index (χ2n) is 7.51. The first kappa shape index (κ1) is 25.2. The maximum absolute atomic E-state index is 4.39. The minimum Gasteiger partial charge on any atom is -0.355 e. The Bertz CT molecular complexity index is 574. The number of hydrogen-bond donors (Lipinski definition) is 2. The minimum atomic E-state index is 0. The van der Waals surface area contributed by atoms with Gasteiger partial charge in [-0.15, -0.1) is 24.0 Å². The van der Waals surface area contributed by atoms with Gasteiger partial charge in [0, 0.05) is 39.3 Å². The summed E-state index contributed by atoms with van der Waals surface area (Å²) in [4.78, 5) is 9.39. The highest BCUT2D eigenvalue weighted by Gasteiger charge is 2.15. The van der Waals surface area contributed by atoms with Gasteiger partial charge < -0.3 is 15.5 Å². The van der Waals surface area contributed by atoms with Crippen molar-refractivity contribution in [1.29, 1.82) is 0 Å². The van der Waals surface area contributed by atoms with Crippen LogP contribution < -0.4 is 10.6 Å². The quantitative estimate of drug-likeness (QED) is 0.293. The molecule has 1 aliphatic rings. The monoisotopic (exact) mass is 501 g/mol. The second kappa shape index (κ2) is 14.2. The zero-order valence-electron chi connectivity index (χ0n) is 18.2. The summed E-state index contributed by atoms with van der Waals surface area (Å²) < 4.78 is 0. The number of guanidine groups is 1. The predicted octanol–water partition coefficient (Wildman–Crippen LogP) is 3.34. The summed E-state index contributed by atoms with van der Waals surface area (Å²) in [5, 5.41) is 7.01. The molecular weight excluding hydrogens is 461 g/mol. The standard InChI is InChI=1S/C22H39N5.HI/c1-5-26(6-2)15-9-10-19(3)25-22(23-4)24-14-17-27-16-13-20-11-7-8-12-21(20)18-27;/h7-8,11-12,19H,5-6,9-10,13-18H2,1-4H3,(H2,23,24,25);1H. The lowest BCUT2D eigenvalue weighted by Gasteiger charge is -2.29. The van der Waals surface area contributed by atoms with E-state index < -0.39 is 0 Å². The average molecular weight is 502 g/mol. The molecule has 0 spiro atoms. The Labute approximate surface area is 189 Å². The van der Waals surface area contributed by atoms with Crippen molar-refractivity contribution in [2.24, 2.45) is 4.99 Å². The van der Waals surface area contributed by atoms with E-state index in [4.69, 9.17) is 0 Å². The van der Waals surface area contributed by atoms with Gasteiger partial charge in [-0.05, 0) is 56.9 Å². The van der Waals surface area contributed by atoms with Crippen molar-refractivity contribution in [3.05, 3.63) is 35.4 Å². The van der Waals surface area contributed by atoms with Crippen LogP contribution in [0.3, 0.4) is 0 Å². The summed E-state index contributed by atoms with van der Waals surface area (Å²) in [6.07, 6.45) is 3.55. The molecule has 2 N–H and O–H groups in total. The first-order chi connectivity index (χ1) is 13.2. The van der Waals surface area contributed by atoms with Crippen molar-refractivity contribution in [2.75, 3.05) is 46.3 Å². The largest absolute Gasteiger partial charge is 0.355 e. The van der Waals surface area contributed by atoms with Crippen LogP contribution in [0.5, 0.6) is 0 Å². The molecule has 2 rings (SSSR count). The van der Waals surface area contributed by atoms with Gasteiger partial charge in [-0.2, -0.15) is 0 Å². The van der Waals surface area contributed by atoms with Crippen LogP contribution in [-0.2, 0) is 13.0 Å². The van der Waals surface area contributed by atoms with Crippen molar-refractivity contribution in [3.63, 3.8) is 0 Å². The van der Waals surface area contributed by atoms with Crippen LogP contribution in [0.25, 0.3) is 0 Å².